The quantitative estimate of drug-likeness (QED) is 0.288. The van der Waals surface area contributed by atoms with Crippen LogP contribution in [-0.4, -0.2) is 50.0 Å². The molecule has 7 nitrogen and oxygen atoms in total. The molecule has 1 atom stereocenters. The van der Waals surface area contributed by atoms with Crippen molar-refractivity contribution in [1.82, 2.24) is 10.2 Å². The fraction of sp³-hybridized carbons (Fsp3) is 0.286. The third-order valence-electron chi connectivity index (χ3n) is 5.76. The summed E-state index contributed by atoms with van der Waals surface area (Å²) in [6, 6.07) is 20.0. The molecule has 0 fully saturated rings. The number of benzene rings is 3. The van der Waals surface area contributed by atoms with Gasteiger partial charge in [0.15, 0.2) is 0 Å². The highest BCUT2D eigenvalue weighted by molar-refractivity contribution is 9.10. The lowest BCUT2D eigenvalue weighted by Gasteiger charge is -2.34. The van der Waals surface area contributed by atoms with Crippen LogP contribution in [0.5, 0.6) is 0 Å². The Hall–Kier alpha value is -2.59. The molecule has 0 saturated heterocycles. The monoisotopic (exact) mass is 653 g/mol. The average Bonchev–Trinajstić information content (AvgIpc) is 2.83. The fourth-order valence-corrected chi connectivity index (χ4v) is 5.86. The molecule has 0 saturated carbocycles. The molecule has 0 aliphatic carbocycles. The Morgan fingerprint density at radius 2 is 1.54 bits per heavy atom. The molecule has 0 bridgehead atoms. The molecular formula is C28H30BrCl2N3O4S. The van der Waals surface area contributed by atoms with Crippen LogP contribution in [0.4, 0.5) is 5.69 Å². The van der Waals surface area contributed by atoms with E-state index in [0.717, 1.165) is 26.2 Å². The smallest absolute Gasteiger partial charge is 0.244 e. The summed E-state index contributed by atoms with van der Waals surface area (Å²) >= 11 is 15.7. The second-order valence-electron chi connectivity index (χ2n) is 9.42. The molecule has 0 spiro atoms. The van der Waals surface area contributed by atoms with Gasteiger partial charge in [-0.25, -0.2) is 8.42 Å². The molecule has 0 aliphatic rings. The first-order valence-corrected chi connectivity index (χ1v) is 15.5. The van der Waals surface area contributed by atoms with Crippen LogP contribution in [0.1, 0.15) is 25.0 Å². The second kappa shape index (κ2) is 13.7. The van der Waals surface area contributed by atoms with Gasteiger partial charge in [-0.2, -0.15) is 0 Å². The molecule has 0 aliphatic heterocycles. The molecule has 11 heteroatoms. The highest BCUT2D eigenvalue weighted by Crippen LogP contribution is 2.28. The molecular weight excluding hydrogens is 625 g/mol. The van der Waals surface area contributed by atoms with Crippen LogP contribution in [0.25, 0.3) is 0 Å². The molecule has 1 N–H and O–H groups in total. The van der Waals surface area contributed by atoms with Gasteiger partial charge in [0.25, 0.3) is 0 Å². The molecule has 0 unspecified atom stereocenters. The number of halogens is 3. The van der Waals surface area contributed by atoms with Crippen LogP contribution in [-0.2, 0) is 32.6 Å². The van der Waals surface area contributed by atoms with Crippen molar-refractivity contribution >= 4 is 66.7 Å². The summed E-state index contributed by atoms with van der Waals surface area (Å²) in [6.07, 6.45) is 1.24. The lowest BCUT2D eigenvalue weighted by Crippen LogP contribution is -2.54. The maximum atomic E-state index is 14.0. The number of rotatable bonds is 11. The van der Waals surface area contributed by atoms with E-state index in [2.05, 4.69) is 21.2 Å². The van der Waals surface area contributed by atoms with Crippen molar-refractivity contribution in [3.63, 3.8) is 0 Å². The second-order valence-corrected chi connectivity index (χ2v) is 13.1. The number of hydrogen-bond acceptors (Lipinski definition) is 4. The maximum absolute atomic E-state index is 14.0. The Morgan fingerprint density at radius 1 is 0.923 bits per heavy atom. The van der Waals surface area contributed by atoms with Crippen LogP contribution in [0, 0.1) is 0 Å². The number of hydrogen-bond donors (Lipinski definition) is 1. The van der Waals surface area contributed by atoms with Gasteiger partial charge in [-0.15, -0.1) is 0 Å². The van der Waals surface area contributed by atoms with E-state index < -0.39 is 28.5 Å². The van der Waals surface area contributed by atoms with Crippen molar-refractivity contribution in [1.29, 1.82) is 0 Å². The van der Waals surface area contributed by atoms with E-state index in [1.165, 1.54) is 23.1 Å². The predicted molar refractivity (Wildman–Crippen MR) is 161 cm³/mol. The Morgan fingerprint density at radius 3 is 2.10 bits per heavy atom. The SMILES string of the molecule is CC(C)NC(=O)[C@@H](Cc1ccccc1)N(Cc1cccc(Br)c1)C(=O)CN(c1cc(Cl)cc(Cl)c1)S(C)(=O)=O. The molecule has 3 rings (SSSR count). The Balaban J connectivity index is 2.07. The van der Waals surface area contributed by atoms with Gasteiger partial charge in [-0.1, -0.05) is 81.6 Å². The number of amides is 2. The predicted octanol–water partition coefficient (Wildman–Crippen LogP) is 5.69. The number of nitrogens with one attached hydrogen (secondary N) is 1. The van der Waals surface area contributed by atoms with E-state index in [4.69, 9.17) is 23.2 Å². The Bertz CT molecular complexity index is 1400. The zero-order chi connectivity index (χ0) is 28.7. The van der Waals surface area contributed by atoms with Gasteiger partial charge < -0.3 is 10.2 Å². The minimum absolute atomic E-state index is 0.0786. The summed E-state index contributed by atoms with van der Waals surface area (Å²) in [5.74, 6) is -0.898. The van der Waals surface area contributed by atoms with E-state index in [9.17, 15) is 18.0 Å². The lowest BCUT2D eigenvalue weighted by atomic mass is 10.0. The maximum Gasteiger partial charge on any atom is 0.244 e. The number of anilines is 1. The fourth-order valence-electron chi connectivity index (χ4n) is 4.06. The van der Waals surface area contributed by atoms with Gasteiger partial charge in [0, 0.05) is 33.5 Å². The van der Waals surface area contributed by atoms with Crippen molar-refractivity contribution in [2.24, 2.45) is 0 Å². The Labute approximate surface area is 248 Å². The molecule has 3 aromatic carbocycles. The molecule has 0 aromatic heterocycles. The summed E-state index contributed by atoms with van der Waals surface area (Å²) in [6.45, 7) is 3.21. The summed E-state index contributed by atoms with van der Waals surface area (Å²) in [7, 11) is -3.92. The third kappa shape index (κ3) is 9.24. The number of sulfonamides is 1. The summed E-state index contributed by atoms with van der Waals surface area (Å²) in [4.78, 5) is 29.0. The topological polar surface area (TPSA) is 86.8 Å². The van der Waals surface area contributed by atoms with Crippen LogP contribution in [0.3, 0.4) is 0 Å². The number of carbonyl (C=O) groups is 2. The summed E-state index contributed by atoms with van der Waals surface area (Å²) in [5.41, 5.74) is 1.77. The van der Waals surface area contributed by atoms with E-state index in [-0.39, 0.29) is 40.6 Å². The van der Waals surface area contributed by atoms with E-state index in [1.807, 2.05) is 68.4 Å². The first-order chi connectivity index (χ1) is 18.3. The minimum atomic E-state index is -3.92. The molecule has 3 aromatic rings. The Kier molecular flexibility index (Phi) is 10.8. The van der Waals surface area contributed by atoms with E-state index in [0.29, 0.717) is 0 Å². The highest BCUT2D eigenvalue weighted by Gasteiger charge is 2.33. The molecule has 208 valence electrons. The van der Waals surface area contributed by atoms with Crippen LogP contribution in [0.2, 0.25) is 10.0 Å². The van der Waals surface area contributed by atoms with Crippen molar-refractivity contribution in [3.05, 3.63) is 98.4 Å². The summed E-state index contributed by atoms with van der Waals surface area (Å²) < 4.78 is 27.4. The average molecular weight is 655 g/mol. The first-order valence-electron chi connectivity index (χ1n) is 12.2. The number of nitrogens with zero attached hydrogens (tertiary/aromatic N) is 2. The van der Waals surface area contributed by atoms with Crippen molar-refractivity contribution in [2.75, 3.05) is 17.1 Å². The third-order valence-corrected chi connectivity index (χ3v) is 7.83. The van der Waals surface area contributed by atoms with Gasteiger partial charge in [-0.05, 0) is 55.3 Å². The van der Waals surface area contributed by atoms with Crippen LogP contribution < -0.4 is 9.62 Å². The first kappa shape index (κ1) is 30.9. The van der Waals surface area contributed by atoms with Gasteiger partial charge in [0.1, 0.15) is 12.6 Å². The standard InChI is InChI=1S/C28H30BrCl2N3O4S/c1-19(2)32-28(36)26(13-20-8-5-4-6-9-20)33(17-21-10-7-11-22(29)12-21)27(35)18-34(39(3,37)38)25-15-23(30)14-24(31)16-25/h4-12,14-16,19,26H,13,17-18H2,1-3H3,(H,32,36)/t26-/m1/s1. The normalized spacial score (nSPS) is 12.2. The van der Waals surface area contributed by atoms with E-state index >= 15 is 0 Å². The largest absolute Gasteiger partial charge is 0.352 e. The van der Waals surface area contributed by atoms with Crippen molar-refractivity contribution in [2.45, 2.75) is 38.9 Å². The molecule has 0 radical (unpaired) electrons. The molecule has 0 heterocycles. The molecule has 2 amide bonds. The van der Waals surface area contributed by atoms with Crippen molar-refractivity contribution < 1.29 is 18.0 Å². The van der Waals surface area contributed by atoms with Crippen molar-refractivity contribution in [3.8, 4) is 0 Å². The van der Waals surface area contributed by atoms with Gasteiger partial charge >= 0.3 is 0 Å². The zero-order valence-electron chi connectivity index (χ0n) is 21.8. The van der Waals surface area contributed by atoms with E-state index in [1.54, 1.807) is 0 Å². The molecule has 39 heavy (non-hydrogen) atoms. The lowest BCUT2D eigenvalue weighted by molar-refractivity contribution is -0.140. The van der Waals surface area contributed by atoms with Crippen LogP contribution in [0.15, 0.2) is 77.3 Å². The van der Waals surface area contributed by atoms with Gasteiger partial charge in [0.05, 0.1) is 11.9 Å². The minimum Gasteiger partial charge on any atom is -0.352 e. The van der Waals surface area contributed by atoms with Gasteiger partial charge in [-0.3, -0.25) is 13.9 Å². The zero-order valence-corrected chi connectivity index (χ0v) is 25.7. The summed E-state index contributed by atoms with van der Waals surface area (Å²) in [5, 5.41) is 3.37. The van der Waals surface area contributed by atoms with Crippen LogP contribution >= 0.6 is 39.1 Å². The van der Waals surface area contributed by atoms with Gasteiger partial charge in [0.2, 0.25) is 21.8 Å². The highest BCUT2D eigenvalue weighted by atomic mass is 79.9. The number of carbonyl (C=O) groups excluding carboxylic acids is 2.